The second kappa shape index (κ2) is 9.91. The van der Waals surface area contributed by atoms with Gasteiger partial charge in [-0.1, -0.05) is 35.5 Å². The Morgan fingerprint density at radius 2 is 1.86 bits per heavy atom. The van der Waals surface area contributed by atoms with E-state index in [0.717, 1.165) is 68.4 Å². The van der Waals surface area contributed by atoms with Crippen LogP contribution in [0.1, 0.15) is 40.0 Å². The SMILES string of the molecule is Cc1ccc(-n2c(SCC(=O)Nc3ccc(C)cc3Br)nc3sc4c(c3c2=O)CCCC4)c(C)c1. The van der Waals surface area contributed by atoms with Gasteiger partial charge in [0.1, 0.15) is 4.83 Å². The van der Waals surface area contributed by atoms with Crippen molar-refractivity contribution in [1.29, 1.82) is 0 Å². The van der Waals surface area contributed by atoms with E-state index in [0.29, 0.717) is 5.16 Å². The molecule has 0 atom stereocenters. The number of aromatic nitrogens is 2. The van der Waals surface area contributed by atoms with Gasteiger partial charge in [-0.15, -0.1) is 11.3 Å². The van der Waals surface area contributed by atoms with Gasteiger partial charge in [0.25, 0.3) is 5.56 Å². The molecule has 2 heterocycles. The molecular weight excluding hydrogens is 542 g/mol. The molecule has 0 aliphatic heterocycles. The third kappa shape index (κ3) is 4.84. The third-order valence-electron chi connectivity index (χ3n) is 6.28. The standard InChI is InChI=1S/C27H26BrN3O2S2/c1-15-9-11-21(17(3)12-15)31-26(33)24-18-6-4-5-7-22(18)35-25(24)30-27(31)34-14-23(32)29-20-10-8-16(2)13-19(20)28/h8-13H,4-7,14H2,1-3H3,(H,29,32). The first kappa shape index (κ1) is 24.3. The molecule has 0 unspecified atom stereocenters. The molecule has 0 fully saturated rings. The molecule has 4 aromatic rings. The van der Waals surface area contributed by atoms with Gasteiger partial charge in [-0.05, 0) is 97.3 Å². The van der Waals surface area contributed by atoms with Gasteiger partial charge in [0, 0.05) is 9.35 Å². The van der Waals surface area contributed by atoms with Crippen molar-refractivity contribution in [2.75, 3.05) is 11.1 Å². The largest absolute Gasteiger partial charge is 0.324 e. The third-order valence-corrected chi connectivity index (χ3v) is 9.06. The molecule has 0 saturated carbocycles. The molecule has 1 amide bonds. The monoisotopic (exact) mass is 567 g/mol. The summed E-state index contributed by atoms with van der Waals surface area (Å²) in [6.07, 6.45) is 4.20. The number of hydrogen-bond acceptors (Lipinski definition) is 5. The van der Waals surface area contributed by atoms with E-state index in [-0.39, 0.29) is 17.2 Å². The van der Waals surface area contributed by atoms with Crippen molar-refractivity contribution < 1.29 is 4.79 Å². The van der Waals surface area contributed by atoms with E-state index in [1.807, 2.05) is 51.1 Å². The van der Waals surface area contributed by atoms with Gasteiger partial charge in [0.15, 0.2) is 5.16 Å². The Hall–Kier alpha value is -2.42. The number of nitrogens with one attached hydrogen (secondary N) is 1. The molecule has 8 heteroatoms. The van der Waals surface area contributed by atoms with Crippen molar-refractivity contribution >= 4 is 60.8 Å². The maximum atomic E-state index is 13.9. The van der Waals surface area contributed by atoms with Crippen molar-refractivity contribution in [2.45, 2.75) is 51.6 Å². The van der Waals surface area contributed by atoms with E-state index >= 15 is 0 Å². The summed E-state index contributed by atoms with van der Waals surface area (Å²) < 4.78 is 2.55. The summed E-state index contributed by atoms with van der Waals surface area (Å²) in [6, 6.07) is 11.9. The maximum Gasteiger partial charge on any atom is 0.267 e. The number of rotatable bonds is 5. The first-order valence-electron chi connectivity index (χ1n) is 11.7. The van der Waals surface area contributed by atoms with Crippen molar-refractivity contribution in [1.82, 2.24) is 9.55 Å². The Kier molecular flexibility index (Phi) is 6.88. The first-order valence-corrected chi connectivity index (χ1v) is 14.2. The van der Waals surface area contributed by atoms with Crippen molar-refractivity contribution in [3.8, 4) is 5.69 Å². The van der Waals surface area contributed by atoms with Crippen LogP contribution >= 0.6 is 39.0 Å². The number of carbonyl (C=O) groups excluding carboxylic acids is 1. The van der Waals surface area contributed by atoms with E-state index < -0.39 is 0 Å². The lowest BCUT2D eigenvalue weighted by Gasteiger charge is -2.16. The van der Waals surface area contributed by atoms with Crippen molar-refractivity contribution in [2.24, 2.45) is 0 Å². The molecular formula is C27H26BrN3O2S2. The predicted octanol–water partition coefficient (Wildman–Crippen LogP) is 6.74. The normalized spacial score (nSPS) is 13.1. The number of carbonyl (C=O) groups is 1. The van der Waals surface area contributed by atoms with Crippen molar-refractivity contribution in [3.05, 3.63) is 78.4 Å². The number of fused-ring (bicyclic) bond motifs is 3. The zero-order valence-corrected chi connectivity index (χ0v) is 23.1. The molecule has 2 aromatic heterocycles. The predicted molar refractivity (Wildman–Crippen MR) is 150 cm³/mol. The Balaban J connectivity index is 1.54. The second-order valence-electron chi connectivity index (χ2n) is 9.04. The molecule has 1 N–H and O–H groups in total. The van der Waals surface area contributed by atoms with E-state index in [4.69, 9.17) is 4.98 Å². The van der Waals surface area contributed by atoms with Gasteiger partial charge in [-0.3, -0.25) is 14.2 Å². The molecule has 2 aromatic carbocycles. The minimum Gasteiger partial charge on any atom is -0.324 e. The summed E-state index contributed by atoms with van der Waals surface area (Å²) in [5.74, 6) is 0.000373. The summed E-state index contributed by atoms with van der Waals surface area (Å²) >= 11 is 6.45. The fourth-order valence-electron chi connectivity index (χ4n) is 4.59. The molecule has 0 saturated heterocycles. The summed E-state index contributed by atoms with van der Waals surface area (Å²) in [6.45, 7) is 6.06. The van der Waals surface area contributed by atoms with Crippen LogP contribution < -0.4 is 10.9 Å². The topological polar surface area (TPSA) is 64.0 Å². The minimum absolute atomic E-state index is 0.0365. The lowest BCUT2D eigenvalue weighted by Crippen LogP contribution is -2.24. The summed E-state index contributed by atoms with van der Waals surface area (Å²) in [5, 5.41) is 4.26. The Morgan fingerprint density at radius 1 is 1.11 bits per heavy atom. The van der Waals surface area contributed by atoms with E-state index in [9.17, 15) is 9.59 Å². The Bertz CT molecular complexity index is 1520. The highest BCUT2D eigenvalue weighted by Crippen LogP contribution is 2.35. The van der Waals surface area contributed by atoms with Crippen LogP contribution in [0, 0.1) is 20.8 Å². The number of aryl methyl sites for hydroxylation is 5. The zero-order valence-electron chi connectivity index (χ0n) is 19.9. The quantitative estimate of drug-likeness (QED) is 0.214. The van der Waals surface area contributed by atoms with Crippen LogP contribution in [-0.4, -0.2) is 21.2 Å². The number of thiophene rings is 1. The number of amides is 1. The van der Waals surface area contributed by atoms with Crippen LogP contribution in [0.2, 0.25) is 0 Å². The molecule has 35 heavy (non-hydrogen) atoms. The van der Waals surface area contributed by atoms with Crippen molar-refractivity contribution in [3.63, 3.8) is 0 Å². The maximum absolute atomic E-state index is 13.9. The molecule has 0 spiro atoms. The van der Waals surface area contributed by atoms with Gasteiger partial charge in [-0.25, -0.2) is 4.98 Å². The first-order chi connectivity index (χ1) is 16.8. The van der Waals surface area contributed by atoms with Crippen LogP contribution in [0.25, 0.3) is 15.9 Å². The number of anilines is 1. The summed E-state index contributed by atoms with van der Waals surface area (Å²) in [7, 11) is 0. The average Bonchev–Trinajstić information content (AvgIpc) is 3.19. The van der Waals surface area contributed by atoms with E-state index in [1.54, 1.807) is 15.9 Å². The van der Waals surface area contributed by atoms with E-state index in [2.05, 4.69) is 27.3 Å². The van der Waals surface area contributed by atoms with Crippen LogP contribution in [0.5, 0.6) is 0 Å². The Labute approximate surface area is 221 Å². The highest BCUT2D eigenvalue weighted by molar-refractivity contribution is 9.10. The lowest BCUT2D eigenvalue weighted by atomic mass is 9.97. The smallest absolute Gasteiger partial charge is 0.267 e. The number of thioether (sulfide) groups is 1. The fourth-order valence-corrected chi connectivity index (χ4v) is 7.29. The average molecular weight is 569 g/mol. The van der Waals surface area contributed by atoms with Crippen LogP contribution in [0.4, 0.5) is 5.69 Å². The van der Waals surface area contributed by atoms with Crippen LogP contribution in [-0.2, 0) is 17.6 Å². The molecule has 5 nitrogen and oxygen atoms in total. The van der Waals surface area contributed by atoms with Gasteiger partial charge < -0.3 is 5.32 Å². The molecule has 0 radical (unpaired) electrons. The summed E-state index contributed by atoms with van der Waals surface area (Å²) in [5.41, 5.74) is 5.93. The van der Waals surface area contributed by atoms with Gasteiger partial charge in [-0.2, -0.15) is 0 Å². The highest BCUT2D eigenvalue weighted by atomic mass is 79.9. The molecule has 0 bridgehead atoms. The molecule has 180 valence electrons. The van der Waals surface area contributed by atoms with Gasteiger partial charge in [0.2, 0.25) is 5.91 Å². The van der Waals surface area contributed by atoms with Crippen LogP contribution in [0.15, 0.2) is 50.8 Å². The van der Waals surface area contributed by atoms with Crippen LogP contribution in [0.3, 0.4) is 0 Å². The fraction of sp³-hybridized carbons (Fsp3) is 0.296. The summed E-state index contributed by atoms with van der Waals surface area (Å²) in [4.78, 5) is 33.8. The number of benzene rings is 2. The van der Waals surface area contributed by atoms with Gasteiger partial charge >= 0.3 is 0 Å². The zero-order chi connectivity index (χ0) is 24.7. The molecule has 1 aliphatic carbocycles. The minimum atomic E-state index is -0.147. The van der Waals surface area contributed by atoms with E-state index in [1.165, 1.54) is 22.2 Å². The van der Waals surface area contributed by atoms with Gasteiger partial charge in [0.05, 0.1) is 22.5 Å². The number of halogens is 1. The molecule has 5 rings (SSSR count). The second-order valence-corrected chi connectivity index (χ2v) is 11.9. The molecule has 1 aliphatic rings. The number of hydrogen-bond donors (Lipinski definition) is 1. The lowest BCUT2D eigenvalue weighted by molar-refractivity contribution is -0.113. The number of nitrogens with zero attached hydrogens (tertiary/aromatic N) is 2. The highest BCUT2D eigenvalue weighted by Gasteiger charge is 2.24. The Morgan fingerprint density at radius 3 is 2.63 bits per heavy atom.